The van der Waals surface area contributed by atoms with Gasteiger partial charge in [0.05, 0.1) is 0 Å². The molecule has 0 aromatic rings. The minimum absolute atomic E-state index is 0.348. The number of rotatable bonds is 9. The van der Waals surface area contributed by atoms with E-state index in [4.69, 9.17) is 19.0 Å². The van der Waals surface area contributed by atoms with E-state index >= 15 is 0 Å². The first-order chi connectivity index (χ1) is 12.8. The van der Waals surface area contributed by atoms with E-state index in [-0.39, 0.29) is 0 Å². The van der Waals surface area contributed by atoms with Gasteiger partial charge in [-0.1, -0.05) is 57.8 Å². The van der Waals surface area contributed by atoms with Crippen molar-refractivity contribution < 1.29 is 13.3 Å². The molecule has 0 aromatic heterocycles. The second-order valence-corrected chi connectivity index (χ2v) is 11.3. The lowest BCUT2D eigenvalue weighted by molar-refractivity contribution is -0.0409. The molecule has 4 nitrogen and oxygen atoms in total. The maximum Gasteiger partial charge on any atom is 0.501 e. The predicted octanol–water partition coefficient (Wildman–Crippen LogP) is 5.32. The van der Waals surface area contributed by atoms with E-state index in [0.717, 1.165) is 12.5 Å². The molecule has 0 heterocycles. The van der Waals surface area contributed by atoms with Crippen LogP contribution in [0.2, 0.25) is 6.04 Å². The van der Waals surface area contributed by atoms with Gasteiger partial charge in [-0.15, -0.1) is 0 Å². The molecule has 0 unspecified atom stereocenters. The Balaban J connectivity index is 1.71. The molecule has 0 bridgehead atoms. The predicted molar refractivity (Wildman–Crippen MR) is 108 cm³/mol. The minimum atomic E-state index is -2.66. The maximum atomic E-state index is 6.83. The smallest absolute Gasteiger partial charge is 0.370 e. The van der Waals surface area contributed by atoms with Crippen LogP contribution in [0.5, 0.6) is 0 Å². The summed E-state index contributed by atoms with van der Waals surface area (Å²) in [7, 11) is -2.66. The Bertz CT molecular complexity index is 327. The van der Waals surface area contributed by atoms with Crippen molar-refractivity contribution >= 4 is 8.80 Å². The molecule has 0 atom stereocenters. The van der Waals surface area contributed by atoms with Crippen LogP contribution in [0.3, 0.4) is 0 Å². The van der Waals surface area contributed by atoms with Crippen LogP contribution >= 0.6 is 0 Å². The molecule has 2 N–H and O–H groups in total. The van der Waals surface area contributed by atoms with Crippen molar-refractivity contribution in [1.29, 1.82) is 0 Å². The summed E-state index contributed by atoms with van der Waals surface area (Å²) >= 11 is 0. The second kappa shape index (κ2) is 11.2. The van der Waals surface area contributed by atoms with Crippen LogP contribution in [0.4, 0.5) is 0 Å². The average Bonchev–Trinajstić information content (AvgIpc) is 2.69. The standard InChI is InChI=1S/C21H41NO3Si/c22-17-10-18-26(23-19-11-4-1-5-12-19,24-20-13-6-2-7-14-20)25-21-15-8-3-9-16-21/h19-21H,1-18,22H2. The van der Waals surface area contributed by atoms with Crippen LogP contribution in [-0.4, -0.2) is 33.7 Å². The highest BCUT2D eigenvalue weighted by Crippen LogP contribution is 2.34. The Morgan fingerprint density at radius 1 is 0.577 bits per heavy atom. The number of hydrogen-bond donors (Lipinski definition) is 1. The molecule has 0 aliphatic heterocycles. The summed E-state index contributed by atoms with van der Waals surface area (Å²) in [6, 6.07) is 0.910. The summed E-state index contributed by atoms with van der Waals surface area (Å²) in [6.45, 7) is 0.699. The van der Waals surface area contributed by atoms with Gasteiger partial charge in [-0.3, -0.25) is 0 Å². The van der Waals surface area contributed by atoms with Crippen molar-refractivity contribution in [2.45, 2.75) is 127 Å². The highest BCUT2D eigenvalue weighted by atomic mass is 28.4. The lowest BCUT2D eigenvalue weighted by atomic mass is 9.98. The first-order valence-corrected chi connectivity index (χ1v) is 13.5. The van der Waals surface area contributed by atoms with Gasteiger partial charge in [0.1, 0.15) is 0 Å². The zero-order chi connectivity index (χ0) is 18.1. The summed E-state index contributed by atoms with van der Waals surface area (Å²) in [5, 5.41) is 0. The average molecular weight is 384 g/mol. The molecule has 0 amide bonds. The van der Waals surface area contributed by atoms with E-state index < -0.39 is 8.80 Å². The first kappa shape index (κ1) is 20.8. The van der Waals surface area contributed by atoms with Gasteiger partial charge in [-0.25, -0.2) is 0 Å². The minimum Gasteiger partial charge on any atom is -0.370 e. The Morgan fingerprint density at radius 3 is 1.23 bits per heavy atom. The van der Waals surface area contributed by atoms with Gasteiger partial charge in [0.15, 0.2) is 0 Å². The fourth-order valence-corrected chi connectivity index (χ4v) is 8.28. The van der Waals surface area contributed by atoms with Gasteiger partial charge in [0, 0.05) is 24.4 Å². The van der Waals surface area contributed by atoms with Gasteiger partial charge in [-0.2, -0.15) is 0 Å². The molecule has 3 aliphatic carbocycles. The third kappa shape index (κ3) is 6.59. The van der Waals surface area contributed by atoms with E-state index in [0.29, 0.717) is 24.9 Å². The van der Waals surface area contributed by atoms with E-state index in [2.05, 4.69) is 0 Å². The fraction of sp³-hybridized carbons (Fsp3) is 1.00. The van der Waals surface area contributed by atoms with Gasteiger partial charge in [0.2, 0.25) is 0 Å². The Hall–Kier alpha value is 0.0569. The third-order valence-electron chi connectivity index (χ3n) is 6.38. The zero-order valence-corrected chi connectivity index (χ0v) is 17.8. The summed E-state index contributed by atoms with van der Waals surface area (Å²) in [5.41, 5.74) is 5.89. The van der Waals surface area contributed by atoms with Gasteiger partial charge >= 0.3 is 8.80 Å². The molecule has 3 aliphatic rings. The Labute approximate surface area is 161 Å². The molecule has 0 radical (unpaired) electrons. The van der Waals surface area contributed by atoms with E-state index in [1.165, 1.54) is 96.3 Å². The molecule has 152 valence electrons. The quantitative estimate of drug-likeness (QED) is 0.547. The fourth-order valence-electron chi connectivity index (χ4n) is 4.89. The molecule has 0 aromatic carbocycles. The zero-order valence-electron chi connectivity index (χ0n) is 16.8. The highest BCUT2D eigenvalue weighted by molar-refractivity contribution is 6.60. The summed E-state index contributed by atoms with van der Waals surface area (Å²) in [4.78, 5) is 0. The van der Waals surface area contributed by atoms with E-state index in [1.54, 1.807) is 0 Å². The van der Waals surface area contributed by atoms with Crippen LogP contribution < -0.4 is 5.73 Å². The lowest BCUT2D eigenvalue weighted by Gasteiger charge is -2.41. The van der Waals surface area contributed by atoms with E-state index in [1.807, 2.05) is 0 Å². The van der Waals surface area contributed by atoms with Crippen LogP contribution in [-0.2, 0) is 13.3 Å². The van der Waals surface area contributed by atoms with Gasteiger partial charge in [-0.05, 0) is 51.5 Å². The molecular formula is C21H41NO3Si. The SMILES string of the molecule is NCCC[Si](OC1CCCCC1)(OC1CCCCC1)OC1CCCCC1. The molecule has 0 saturated heterocycles. The third-order valence-corrected chi connectivity index (χ3v) is 9.43. The Morgan fingerprint density at radius 2 is 0.923 bits per heavy atom. The lowest BCUT2D eigenvalue weighted by Crippen LogP contribution is -2.53. The Kier molecular flexibility index (Phi) is 8.92. The van der Waals surface area contributed by atoms with Crippen LogP contribution in [0.15, 0.2) is 0 Å². The normalized spacial score (nSPS) is 24.8. The molecule has 3 fully saturated rings. The molecule has 0 spiro atoms. The molecular weight excluding hydrogens is 342 g/mol. The van der Waals surface area contributed by atoms with Gasteiger partial charge in [0.25, 0.3) is 0 Å². The topological polar surface area (TPSA) is 53.7 Å². The molecule has 5 heteroatoms. The van der Waals surface area contributed by atoms with Crippen molar-refractivity contribution in [3.8, 4) is 0 Å². The van der Waals surface area contributed by atoms with Crippen molar-refractivity contribution in [2.24, 2.45) is 5.73 Å². The van der Waals surface area contributed by atoms with Crippen LogP contribution in [0, 0.1) is 0 Å². The first-order valence-electron chi connectivity index (χ1n) is 11.5. The van der Waals surface area contributed by atoms with Crippen LogP contribution in [0.25, 0.3) is 0 Å². The molecule has 3 saturated carbocycles. The van der Waals surface area contributed by atoms with Gasteiger partial charge < -0.3 is 19.0 Å². The summed E-state index contributed by atoms with van der Waals surface area (Å²) in [6.07, 6.45) is 20.9. The van der Waals surface area contributed by atoms with Crippen molar-refractivity contribution in [2.75, 3.05) is 6.54 Å². The largest absolute Gasteiger partial charge is 0.501 e. The second-order valence-electron chi connectivity index (χ2n) is 8.71. The van der Waals surface area contributed by atoms with Crippen molar-refractivity contribution in [3.63, 3.8) is 0 Å². The molecule has 26 heavy (non-hydrogen) atoms. The number of nitrogens with two attached hydrogens (primary N) is 1. The van der Waals surface area contributed by atoms with Crippen molar-refractivity contribution in [3.05, 3.63) is 0 Å². The van der Waals surface area contributed by atoms with Crippen molar-refractivity contribution in [1.82, 2.24) is 0 Å². The summed E-state index contributed by atoms with van der Waals surface area (Å²) < 4.78 is 20.5. The highest BCUT2D eigenvalue weighted by Gasteiger charge is 2.47. The summed E-state index contributed by atoms with van der Waals surface area (Å²) in [5.74, 6) is 0. The van der Waals surface area contributed by atoms with E-state index in [9.17, 15) is 0 Å². The maximum absolute atomic E-state index is 6.83. The monoisotopic (exact) mass is 383 g/mol. The van der Waals surface area contributed by atoms with Crippen LogP contribution in [0.1, 0.15) is 103 Å². The molecule has 3 rings (SSSR count). The number of hydrogen-bond acceptors (Lipinski definition) is 4.